The van der Waals surface area contributed by atoms with Crippen LogP contribution in [0.5, 0.6) is 0 Å². The van der Waals surface area contributed by atoms with Crippen molar-refractivity contribution in [2.24, 2.45) is 0 Å². The molecule has 4 nitrogen and oxygen atoms in total. The molecule has 1 aliphatic rings. The van der Waals surface area contributed by atoms with E-state index in [1.165, 1.54) is 6.07 Å². The first kappa shape index (κ1) is 16.3. The molecule has 1 aromatic carbocycles. The molecule has 116 valence electrons. The highest BCUT2D eigenvalue weighted by Crippen LogP contribution is 2.35. The Balaban J connectivity index is 2.37. The molecule has 1 N–H and O–H groups in total. The Morgan fingerprint density at radius 2 is 1.90 bits per heavy atom. The van der Waals surface area contributed by atoms with Gasteiger partial charge in [0.15, 0.2) is 0 Å². The fraction of sp³-hybridized carbons (Fsp3) is 0.533. The molecule has 0 aliphatic heterocycles. The van der Waals surface area contributed by atoms with E-state index in [-0.39, 0.29) is 16.3 Å². The van der Waals surface area contributed by atoms with Gasteiger partial charge in [0.2, 0.25) is 0 Å². The molecule has 0 heterocycles. The molecule has 0 radical (unpaired) electrons. The second-order valence-electron chi connectivity index (χ2n) is 5.81. The first-order chi connectivity index (χ1) is 9.68. The number of rotatable bonds is 4. The number of hydrogen-bond acceptors (Lipinski definition) is 3. The van der Waals surface area contributed by atoms with E-state index >= 15 is 0 Å². The van der Waals surface area contributed by atoms with Crippen LogP contribution in [0.3, 0.4) is 0 Å². The molecule has 2 rings (SSSR count). The van der Waals surface area contributed by atoms with Gasteiger partial charge in [-0.05, 0) is 56.7 Å². The summed E-state index contributed by atoms with van der Waals surface area (Å²) in [5.41, 5.74) is 1.54. The van der Waals surface area contributed by atoms with E-state index in [2.05, 4.69) is 12.2 Å². The van der Waals surface area contributed by atoms with Gasteiger partial charge < -0.3 is 5.32 Å². The van der Waals surface area contributed by atoms with Crippen molar-refractivity contribution in [3.05, 3.63) is 28.8 Å². The molecule has 0 saturated heterocycles. The van der Waals surface area contributed by atoms with Crippen LogP contribution in [0, 0.1) is 13.8 Å². The Morgan fingerprint density at radius 3 is 2.33 bits per heavy atom. The van der Waals surface area contributed by atoms with Crippen molar-refractivity contribution >= 4 is 25.6 Å². The van der Waals surface area contributed by atoms with Crippen molar-refractivity contribution in [1.82, 2.24) is 5.32 Å². The van der Waals surface area contributed by atoms with Crippen LogP contribution in [-0.2, 0) is 9.05 Å². The van der Waals surface area contributed by atoms with Crippen LogP contribution < -0.4 is 5.32 Å². The van der Waals surface area contributed by atoms with Crippen molar-refractivity contribution in [2.45, 2.75) is 56.9 Å². The summed E-state index contributed by atoms with van der Waals surface area (Å²) in [5, 5.41) is 3.06. The zero-order valence-electron chi connectivity index (χ0n) is 12.5. The van der Waals surface area contributed by atoms with Crippen LogP contribution in [0.4, 0.5) is 0 Å². The second-order valence-corrected chi connectivity index (χ2v) is 8.35. The number of nitrogens with one attached hydrogen (secondary N) is 1. The van der Waals surface area contributed by atoms with Crippen LogP contribution in [0.2, 0.25) is 0 Å². The van der Waals surface area contributed by atoms with Crippen molar-refractivity contribution in [3.8, 4) is 0 Å². The molecule has 1 aromatic rings. The maximum absolute atomic E-state index is 12.5. The number of aryl methyl sites for hydroxylation is 2. The maximum atomic E-state index is 12.5. The average Bonchev–Trinajstić information content (AvgIpc) is 2.31. The van der Waals surface area contributed by atoms with E-state index in [1.54, 1.807) is 19.9 Å². The van der Waals surface area contributed by atoms with Gasteiger partial charge in [0, 0.05) is 21.8 Å². The molecule has 1 aliphatic carbocycles. The standard InChI is InChI=1S/C15H20ClNO3S/c1-4-15(6-5-7-15)17-14(18)12-9-13(21(16,19)20)11(3)8-10(12)2/h8-9H,4-7H2,1-3H3,(H,17,18). The smallest absolute Gasteiger partial charge is 0.261 e. The first-order valence-corrected chi connectivity index (χ1v) is 9.38. The Kier molecular flexibility index (Phi) is 4.36. The number of carbonyl (C=O) groups excluding carboxylic acids is 1. The van der Waals surface area contributed by atoms with Crippen LogP contribution in [0.15, 0.2) is 17.0 Å². The highest BCUT2D eigenvalue weighted by molar-refractivity contribution is 8.13. The molecule has 1 saturated carbocycles. The lowest BCUT2D eigenvalue weighted by Gasteiger charge is -2.42. The average molecular weight is 330 g/mol. The number of benzene rings is 1. The highest BCUT2D eigenvalue weighted by Gasteiger charge is 2.37. The summed E-state index contributed by atoms with van der Waals surface area (Å²) in [6.07, 6.45) is 3.94. The quantitative estimate of drug-likeness (QED) is 0.862. The van der Waals surface area contributed by atoms with Gasteiger partial charge in [-0.1, -0.05) is 13.0 Å². The molecule has 6 heteroatoms. The lowest BCUT2D eigenvalue weighted by molar-refractivity contribution is 0.0819. The van der Waals surface area contributed by atoms with E-state index in [1.807, 2.05) is 0 Å². The Labute approximate surface area is 130 Å². The van der Waals surface area contributed by atoms with Crippen LogP contribution in [-0.4, -0.2) is 19.9 Å². The minimum Gasteiger partial charge on any atom is -0.347 e. The van der Waals surface area contributed by atoms with Gasteiger partial charge in [0.25, 0.3) is 15.0 Å². The number of carbonyl (C=O) groups is 1. The summed E-state index contributed by atoms with van der Waals surface area (Å²) in [6, 6.07) is 3.06. The first-order valence-electron chi connectivity index (χ1n) is 7.07. The SMILES string of the molecule is CCC1(NC(=O)c2cc(S(=O)(=O)Cl)c(C)cc2C)CCC1. The third-order valence-corrected chi connectivity index (χ3v) is 5.86. The topological polar surface area (TPSA) is 63.2 Å². The molecule has 0 spiro atoms. The Morgan fingerprint density at radius 1 is 1.29 bits per heavy atom. The monoisotopic (exact) mass is 329 g/mol. The fourth-order valence-electron chi connectivity index (χ4n) is 2.82. The van der Waals surface area contributed by atoms with Gasteiger partial charge in [-0.2, -0.15) is 0 Å². The number of halogens is 1. The number of hydrogen-bond donors (Lipinski definition) is 1. The van der Waals surface area contributed by atoms with E-state index in [0.29, 0.717) is 11.1 Å². The normalized spacial score (nSPS) is 17.1. The maximum Gasteiger partial charge on any atom is 0.261 e. The molecule has 0 unspecified atom stereocenters. The van der Waals surface area contributed by atoms with Crippen molar-refractivity contribution in [2.75, 3.05) is 0 Å². The van der Waals surface area contributed by atoms with E-state index in [0.717, 1.165) is 31.2 Å². The Bertz CT molecular complexity index is 673. The predicted molar refractivity (Wildman–Crippen MR) is 83.3 cm³/mol. The predicted octanol–water partition coefficient (Wildman–Crippen LogP) is 3.29. The van der Waals surface area contributed by atoms with Gasteiger partial charge >= 0.3 is 0 Å². The Hall–Kier alpha value is -1.07. The van der Waals surface area contributed by atoms with Crippen molar-refractivity contribution < 1.29 is 13.2 Å². The zero-order chi connectivity index (χ0) is 15.8. The summed E-state index contributed by atoms with van der Waals surface area (Å²) >= 11 is 0. The van der Waals surface area contributed by atoms with E-state index in [9.17, 15) is 13.2 Å². The molecule has 1 fully saturated rings. The molecular weight excluding hydrogens is 310 g/mol. The summed E-state index contributed by atoms with van der Waals surface area (Å²) in [5.74, 6) is -0.226. The highest BCUT2D eigenvalue weighted by atomic mass is 35.7. The van der Waals surface area contributed by atoms with Crippen molar-refractivity contribution in [3.63, 3.8) is 0 Å². The van der Waals surface area contributed by atoms with Gasteiger partial charge in [-0.25, -0.2) is 8.42 Å². The van der Waals surface area contributed by atoms with Crippen LogP contribution in [0.1, 0.15) is 54.1 Å². The van der Waals surface area contributed by atoms with Gasteiger partial charge in [0.1, 0.15) is 0 Å². The molecule has 21 heavy (non-hydrogen) atoms. The minimum atomic E-state index is -3.85. The van der Waals surface area contributed by atoms with Crippen LogP contribution >= 0.6 is 10.7 Å². The molecule has 1 amide bonds. The summed E-state index contributed by atoms with van der Waals surface area (Å²) in [7, 11) is 1.58. The lowest BCUT2D eigenvalue weighted by Crippen LogP contribution is -2.53. The molecular formula is C15H20ClNO3S. The second kappa shape index (κ2) is 5.61. The van der Waals surface area contributed by atoms with E-state index < -0.39 is 9.05 Å². The fourth-order valence-corrected chi connectivity index (χ4v) is 4.02. The summed E-state index contributed by atoms with van der Waals surface area (Å²) in [4.78, 5) is 12.5. The van der Waals surface area contributed by atoms with Crippen LogP contribution in [0.25, 0.3) is 0 Å². The molecule has 0 bridgehead atoms. The summed E-state index contributed by atoms with van der Waals surface area (Å²) < 4.78 is 23.2. The van der Waals surface area contributed by atoms with Gasteiger partial charge in [0.05, 0.1) is 4.90 Å². The minimum absolute atomic E-state index is 0.000857. The number of amides is 1. The van der Waals surface area contributed by atoms with Gasteiger partial charge in [-0.15, -0.1) is 0 Å². The van der Waals surface area contributed by atoms with Crippen molar-refractivity contribution in [1.29, 1.82) is 0 Å². The summed E-state index contributed by atoms with van der Waals surface area (Å²) in [6.45, 7) is 5.52. The molecule has 0 atom stereocenters. The third kappa shape index (κ3) is 3.24. The zero-order valence-corrected chi connectivity index (χ0v) is 14.1. The largest absolute Gasteiger partial charge is 0.347 e. The van der Waals surface area contributed by atoms with E-state index in [4.69, 9.17) is 10.7 Å². The lowest BCUT2D eigenvalue weighted by atomic mass is 9.74. The van der Waals surface area contributed by atoms with Gasteiger partial charge in [-0.3, -0.25) is 4.79 Å². The molecule has 0 aromatic heterocycles. The third-order valence-electron chi connectivity index (χ3n) is 4.40.